The molecule has 1 aromatic carbocycles. The zero-order valence-electron chi connectivity index (χ0n) is 9.77. The van der Waals surface area contributed by atoms with Crippen molar-refractivity contribution in [3.63, 3.8) is 0 Å². The number of aliphatic hydroxyl groups is 1. The molecule has 0 unspecified atom stereocenters. The minimum atomic E-state index is -1.23. The van der Waals surface area contributed by atoms with Gasteiger partial charge in [-0.2, -0.15) is 0 Å². The fourth-order valence-electron chi connectivity index (χ4n) is 1.86. The number of carboxylic acid groups (broad SMARTS) is 1. The third-order valence-electron chi connectivity index (χ3n) is 2.76. The number of para-hydroxylation sites is 1. The van der Waals surface area contributed by atoms with Gasteiger partial charge in [0.05, 0.1) is 11.1 Å². The van der Waals surface area contributed by atoms with Crippen LogP contribution in [-0.4, -0.2) is 28.6 Å². The number of aryl methyl sites for hydroxylation is 1. The Labute approximate surface area is 103 Å². The monoisotopic (exact) mass is 248 g/mol. The lowest BCUT2D eigenvalue weighted by molar-refractivity contribution is -0.139. The van der Waals surface area contributed by atoms with Crippen molar-refractivity contribution in [2.75, 3.05) is 6.61 Å². The number of benzene rings is 1. The van der Waals surface area contributed by atoms with E-state index in [4.69, 9.17) is 9.84 Å². The van der Waals surface area contributed by atoms with E-state index in [9.17, 15) is 14.7 Å². The standard InChI is InChI=1S/C13H12O5/c1-7-3-2-4-8-12(17)9(6-18-13(7)8)10(14)5-11(15)16/h2-4,17H,5-6H2,1H3,(H,15,16). The zero-order chi connectivity index (χ0) is 13.3. The summed E-state index contributed by atoms with van der Waals surface area (Å²) in [5.74, 6) is -1.52. The molecular weight excluding hydrogens is 236 g/mol. The van der Waals surface area contributed by atoms with Crippen molar-refractivity contribution in [2.45, 2.75) is 13.3 Å². The Morgan fingerprint density at radius 3 is 2.78 bits per heavy atom. The molecule has 0 amide bonds. The van der Waals surface area contributed by atoms with Crippen LogP contribution in [-0.2, 0) is 9.59 Å². The van der Waals surface area contributed by atoms with Gasteiger partial charge in [-0.15, -0.1) is 0 Å². The van der Waals surface area contributed by atoms with E-state index < -0.39 is 18.2 Å². The second kappa shape index (κ2) is 4.52. The Morgan fingerprint density at radius 1 is 1.39 bits per heavy atom. The maximum absolute atomic E-state index is 11.6. The molecule has 2 rings (SSSR count). The highest BCUT2D eigenvalue weighted by atomic mass is 16.5. The molecule has 0 aromatic heterocycles. The third-order valence-corrected chi connectivity index (χ3v) is 2.76. The lowest BCUT2D eigenvalue weighted by atomic mass is 9.99. The summed E-state index contributed by atoms with van der Waals surface area (Å²) in [6.45, 7) is 1.73. The molecule has 0 saturated carbocycles. The first-order chi connectivity index (χ1) is 8.50. The van der Waals surface area contributed by atoms with Crippen molar-refractivity contribution >= 4 is 17.5 Å². The predicted octanol–water partition coefficient (Wildman–Crippen LogP) is 1.70. The highest BCUT2D eigenvalue weighted by molar-refractivity contribution is 6.09. The number of aliphatic hydroxyl groups excluding tert-OH is 1. The topological polar surface area (TPSA) is 83.8 Å². The molecule has 1 aliphatic heterocycles. The van der Waals surface area contributed by atoms with Crippen LogP contribution in [0, 0.1) is 6.92 Å². The Balaban J connectivity index is 2.43. The van der Waals surface area contributed by atoms with Crippen molar-refractivity contribution in [1.29, 1.82) is 0 Å². The molecule has 0 spiro atoms. The van der Waals surface area contributed by atoms with E-state index >= 15 is 0 Å². The number of carboxylic acids is 1. The molecule has 5 nitrogen and oxygen atoms in total. The van der Waals surface area contributed by atoms with Gasteiger partial charge < -0.3 is 14.9 Å². The SMILES string of the molecule is Cc1cccc2c1OCC(C(=O)CC(=O)O)=C2O. The number of ketones is 1. The van der Waals surface area contributed by atoms with Crippen molar-refractivity contribution in [2.24, 2.45) is 0 Å². The molecule has 0 bridgehead atoms. The van der Waals surface area contributed by atoms with E-state index in [0.29, 0.717) is 11.3 Å². The molecule has 1 heterocycles. The molecule has 18 heavy (non-hydrogen) atoms. The number of fused-ring (bicyclic) bond motifs is 1. The Hall–Kier alpha value is -2.30. The largest absolute Gasteiger partial charge is 0.507 e. The average molecular weight is 248 g/mol. The fourth-order valence-corrected chi connectivity index (χ4v) is 1.86. The molecule has 2 N–H and O–H groups in total. The maximum Gasteiger partial charge on any atom is 0.311 e. The normalized spacial score (nSPS) is 13.8. The highest BCUT2D eigenvalue weighted by Crippen LogP contribution is 2.34. The van der Waals surface area contributed by atoms with E-state index in [1.807, 2.05) is 13.0 Å². The summed E-state index contributed by atoms with van der Waals surface area (Å²) in [6.07, 6.45) is -0.649. The number of aliphatic carboxylic acids is 1. The van der Waals surface area contributed by atoms with Gasteiger partial charge in [0.15, 0.2) is 5.78 Å². The quantitative estimate of drug-likeness (QED) is 0.795. The molecule has 1 aliphatic rings. The number of hydrogen-bond acceptors (Lipinski definition) is 4. The summed E-state index contributed by atoms with van der Waals surface area (Å²) >= 11 is 0. The maximum atomic E-state index is 11.6. The van der Waals surface area contributed by atoms with E-state index in [2.05, 4.69) is 0 Å². The number of Topliss-reactive ketones (excluding diaryl/α,β-unsaturated/α-hetero) is 1. The van der Waals surface area contributed by atoms with Crippen molar-refractivity contribution in [1.82, 2.24) is 0 Å². The number of ether oxygens (including phenoxy) is 1. The van der Waals surface area contributed by atoms with E-state index in [1.54, 1.807) is 12.1 Å². The van der Waals surface area contributed by atoms with Crippen LogP contribution in [0.25, 0.3) is 5.76 Å². The fraction of sp³-hybridized carbons (Fsp3) is 0.231. The number of carbonyl (C=O) groups is 2. The van der Waals surface area contributed by atoms with Gasteiger partial charge in [0, 0.05) is 0 Å². The van der Waals surface area contributed by atoms with Gasteiger partial charge in [0.1, 0.15) is 24.5 Å². The van der Waals surface area contributed by atoms with Crippen LogP contribution in [0.5, 0.6) is 5.75 Å². The Bertz CT molecular complexity index is 557. The van der Waals surface area contributed by atoms with Gasteiger partial charge in [0.2, 0.25) is 0 Å². The molecule has 0 saturated heterocycles. The smallest absolute Gasteiger partial charge is 0.311 e. The van der Waals surface area contributed by atoms with Crippen LogP contribution in [0.2, 0.25) is 0 Å². The molecule has 1 aromatic rings. The van der Waals surface area contributed by atoms with Crippen LogP contribution in [0.1, 0.15) is 17.5 Å². The summed E-state index contributed by atoms with van der Waals surface area (Å²) in [5.41, 5.74) is 1.29. The average Bonchev–Trinajstić information content (AvgIpc) is 2.29. The zero-order valence-corrected chi connectivity index (χ0v) is 9.77. The van der Waals surface area contributed by atoms with Gasteiger partial charge in [-0.3, -0.25) is 9.59 Å². The lowest BCUT2D eigenvalue weighted by Crippen LogP contribution is -2.20. The second-order valence-corrected chi connectivity index (χ2v) is 4.06. The van der Waals surface area contributed by atoms with Crippen LogP contribution in [0.4, 0.5) is 0 Å². The number of carbonyl (C=O) groups excluding carboxylic acids is 1. The molecule has 0 atom stereocenters. The predicted molar refractivity (Wildman–Crippen MR) is 63.5 cm³/mol. The second-order valence-electron chi connectivity index (χ2n) is 4.06. The lowest BCUT2D eigenvalue weighted by Gasteiger charge is -2.21. The first-order valence-corrected chi connectivity index (χ1v) is 5.40. The van der Waals surface area contributed by atoms with Gasteiger partial charge >= 0.3 is 5.97 Å². The van der Waals surface area contributed by atoms with Crippen molar-refractivity contribution in [3.05, 3.63) is 34.9 Å². The molecule has 5 heteroatoms. The number of hydrogen-bond donors (Lipinski definition) is 2. The molecular formula is C13H12O5. The van der Waals surface area contributed by atoms with Crippen molar-refractivity contribution in [3.8, 4) is 5.75 Å². The third kappa shape index (κ3) is 2.07. The summed E-state index contributed by atoms with van der Waals surface area (Å²) in [5, 5.41) is 18.6. The summed E-state index contributed by atoms with van der Waals surface area (Å²) in [6, 6.07) is 5.19. The van der Waals surface area contributed by atoms with Gasteiger partial charge in [-0.25, -0.2) is 0 Å². The van der Waals surface area contributed by atoms with Crippen LogP contribution >= 0.6 is 0 Å². The van der Waals surface area contributed by atoms with Crippen LogP contribution < -0.4 is 4.74 Å². The summed E-state index contributed by atoms with van der Waals surface area (Å²) in [7, 11) is 0. The van der Waals surface area contributed by atoms with E-state index in [-0.39, 0.29) is 17.9 Å². The van der Waals surface area contributed by atoms with Gasteiger partial charge in [0.25, 0.3) is 0 Å². The minimum Gasteiger partial charge on any atom is -0.507 e. The molecule has 94 valence electrons. The molecule has 0 radical (unpaired) electrons. The molecule has 0 fully saturated rings. The van der Waals surface area contributed by atoms with Crippen LogP contribution in [0.3, 0.4) is 0 Å². The first-order valence-electron chi connectivity index (χ1n) is 5.40. The Kier molecular flexibility index (Phi) is 3.06. The molecule has 0 aliphatic carbocycles. The van der Waals surface area contributed by atoms with E-state index in [1.165, 1.54) is 0 Å². The van der Waals surface area contributed by atoms with Gasteiger partial charge in [-0.1, -0.05) is 12.1 Å². The highest BCUT2D eigenvalue weighted by Gasteiger charge is 2.26. The first kappa shape index (κ1) is 12.2. The summed E-state index contributed by atoms with van der Waals surface area (Å²) in [4.78, 5) is 22.1. The van der Waals surface area contributed by atoms with Crippen LogP contribution in [0.15, 0.2) is 23.8 Å². The summed E-state index contributed by atoms with van der Waals surface area (Å²) < 4.78 is 5.41. The minimum absolute atomic E-state index is 0.00972. The Morgan fingerprint density at radius 2 is 2.11 bits per heavy atom. The van der Waals surface area contributed by atoms with E-state index in [0.717, 1.165) is 5.56 Å². The number of rotatable bonds is 3. The van der Waals surface area contributed by atoms with Crippen molar-refractivity contribution < 1.29 is 24.5 Å². The van der Waals surface area contributed by atoms with Gasteiger partial charge in [-0.05, 0) is 18.6 Å².